The summed E-state index contributed by atoms with van der Waals surface area (Å²) in [7, 11) is 1.62. The highest BCUT2D eigenvalue weighted by Crippen LogP contribution is 2.21. The number of ether oxygens (including phenoxy) is 1. The molecule has 0 saturated carbocycles. The van der Waals surface area contributed by atoms with E-state index in [4.69, 9.17) is 15.7 Å². The van der Waals surface area contributed by atoms with Crippen LogP contribution in [0.5, 0.6) is 0 Å². The Morgan fingerprint density at radius 2 is 2.24 bits per heavy atom. The summed E-state index contributed by atoms with van der Waals surface area (Å²) in [4.78, 5) is 12.0. The van der Waals surface area contributed by atoms with Crippen LogP contribution in [-0.4, -0.2) is 37.2 Å². The van der Waals surface area contributed by atoms with Gasteiger partial charge in [-0.1, -0.05) is 19.0 Å². The molecule has 0 aromatic heterocycles. The molecule has 0 saturated heterocycles. The van der Waals surface area contributed by atoms with Crippen LogP contribution in [0.3, 0.4) is 0 Å². The van der Waals surface area contributed by atoms with E-state index in [0.717, 1.165) is 0 Å². The molecule has 0 radical (unpaired) electrons. The average molecular weight is 245 g/mol. The molecular formula is C11H23N3O3. The molecule has 6 nitrogen and oxygen atoms in total. The summed E-state index contributed by atoms with van der Waals surface area (Å²) in [5.41, 5.74) is 4.57. The summed E-state index contributed by atoms with van der Waals surface area (Å²) in [5.74, 6) is -0.0903. The Morgan fingerprint density at radius 3 is 2.65 bits per heavy atom. The third kappa shape index (κ3) is 4.22. The SMILES string of the molecule is CCC(C)(C(=O)NCC(C)COC)C(N)=NO. The number of hydrogen-bond acceptors (Lipinski definition) is 4. The number of rotatable bonds is 7. The number of nitrogens with one attached hydrogen (secondary N) is 1. The minimum absolute atomic E-state index is 0.0723. The molecule has 0 heterocycles. The monoisotopic (exact) mass is 245 g/mol. The standard InChI is InChI=1S/C11H23N3O3/c1-5-11(3,9(12)14-16)10(15)13-6-8(2)7-17-4/h8,16H,5-7H2,1-4H3,(H2,12,14)(H,13,15). The van der Waals surface area contributed by atoms with E-state index in [9.17, 15) is 4.79 Å². The van der Waals surface area contributed by atoms with Crippen LogP contribution in [0.4, 0.5) is 0 Å². The molecular weight excluding hydrogens is 222 g/mol. The molecule has 4 N–H and O–H groups in total. The molecule has 0 spiro atoms. The fourth-order valence-electron chi connectivity index (χ4n) is 1.37. The van der Waals surface area contributed by atoms with Gasteiger partial charge in [-0.25, -0.2) is 0 Å². The Bertz CT molecular complexity index is 281. The molecule has 2 atom stereocenters. The molecule has 6 heteroatoms. The van der Waals surface area contributed by atoms with Crippen LogP contribution in [0.25, 0.3) is 0 Å². The molecule has 0 aromatic carbocycles. The van der Waals surface area contributed by atoms with E-state index in [-0.39, 0.29) is 17.7 Å². The normalized spacial score (nSPS) is 17.3. The van der Waals surface area contributed by atoms with Crippen LogP contribution in [0, 0.1) is 11.3 Å². The molecule has 0 aliphatic carbocycles. The maximum atomic E-state index is 12.0. The lowest BCUT2D eigenvalue weighted by atomic mass is 9.85. The first-order chi connectivity index (χ1) is 7.92. The van der Waals surface area contributed by atoms with Crippen LogP contribution in [0.2, 0.25) is 0 Å². The second kappa shape index (κ2) is 7.11. The molecule has 100 valence electrons. The van der Waals surface area contributed by atoms with Crippen molar-refractivity contribution in [1.29, 1.82) is 0 Å². The number of amides is 1. The highest BCUT2D eigenvalue weighted by molar-refractivity contribution is 6.06. The zero-order valence-electron chi connectivity index (χ0n) is 11.0. The number of oxime groups is 1. The van der Waals surface area contributed by atoms with Crippen LogP contribution in [0.1, 0.15) is 27.2 Å². The van der Waals surface area contributed by atoms with Gasteiger partial charge >= 0.3 is 0 Å². The molecule has 0 rings (SSSR count). The minimum Gasteiger partial charge on any atom is -0.409 e. The van der Waals surface area contributed by atoms with Crippen molar-refractivity contribution >= 4 is 11.7 Å². The van der Waals surface area contributed by atoms with Crippen molar-refractivity contribution in [2.24, 2.45) is 22.2 Å². The van der Waals surface area contributed by atoms with Gasteiger partial charge in [0.15, 0.2) is 5.84 Å². The molecule has 0 bridgehead atoms. The van der Waals surface area contributed by atoms with Crippen molar-refractivity contribution in [2.45, 2.75) is 27.2 Å². The maximum absolute atomic E-state index is 12.0. The molecule has 2 unspecified atom stereocenters. The van der Waals surface area contributed by atoms with Gasteiger partial charge in [-0.05, 0) is 19.3 Å². The number of hydrogen-bond donors (Lipinski definition) is 3. The Hall–Kier alpha value is -1.30. The quantitative estimate of drug-likeness (QED) is 0.264. The summed E-state index contributed by atoms with van der Waals surface area (Å²) in [6.45, 7) is 6.51. The van der Waals surface area contributed by atoms with Gasteiger partial charge in [0.1, 0.15) is 5.41 Å². The number of amidine groups is 1. The number of methoxy groups -OCH3 is 1. The third-order valence-electron chi connectivity index (χ3n) is 2.94. The fourth-order valence-corrected chi connectivity index (χ4v) is 1.37. The first-order valence-corrected chi connectivity index (χ1v) is 5.67. The molecule has 0 aliphatic rings. The second-order valence-electron chi connectivity index (χ2n) is 4.44. The van der Waals surface area contributed by atoms with Crippen molar-refractivity contribution in [3.63, 3.8) is 0 Å². The van der Waals surface area contributed by atoms with E-state index in [1.807, 2.05) is 13.8 Å². The van der Waals surface area contributed by atoms with Gasteiger partial charge in [0.25, 0.3) is 0 Å². The van der Waals surface area contributed by atoms with Gasteiger partial charge in [-0.2, -0.15) is 0 Å². The zero-order chi connectivity index (χ0) is 13.5. The Kier molecular flexibility index (Phi) is 6.57. The highest BCUT2D eigenvalue weighted by atomic mass is 16.5. The largest absolute Gasteiger partial charge is 0.409 e. The van der Waals surface area contributed by atoms with Crippen LogP contribution < -0.4 is 11.1 Å². The van der Waals surface area contributed by atoms with Gasteiger partial charge < -0.3 is 21.0 Å². The first kappa shape index (κ1) is 15.7. The zero-order valence-corrected chi connectivity index (χ0v) is 11.0. The fraction of sp³-hybridized carbons (Fsp3) is 0.818. The van der Waals surface area contributed by atoms with Gasteiger partial charge in [-0.15, -0.1) is 0 Å². The van der Waals surface area contributed by atoms with Gasteiger partial charge in [0.05, 0.1) is 6.61 Å². The molecule has 0 fully saturated rings. The third-order valence-corrected chi connectivity index (χ3v) is 2.94. The van der Waals surface area contributed by atoms with E-state index in [1.165, 1.54) is 0 Å². The highest BCUT2D eigenvalue weighted by Gasteiger charge is 2.36. The van der Waals surface area contributed by atoms with Crippen LogP contribution >= 0.6 is 0 Å². The van der Waals surface area contributed by atoms with Crippen LogP contribution in [0.15, 0.2) is 5.16 Å². The van der Waals surface area contributed by atoms with E-state index in [0.29, 0.717) is 19.6 Å². The van der Waals surface area contributed by atoms with Crippen molar-refractivity contribution in [3.05, 3.63) is 0 Å². The first-order valence-electron chi connectivity index (χ1n) is 5.67. The molecule has 0 aliphatic heterocycles. The lowest BCUT2D eigenvalue weighted by Crippen LogP contribution is -2.48. The van der Waals surface area contributed by atoms with Gasteiger partial charge in [0, 0.05) is 13.7 Å². The predicted molar refractivity (Wildman–Crippen MR) is 65.9 cm³/mol. The van der Waals surface area contributed by atoms with Crippen molar-refractivity contribution in [2.75, 3.05) is 20.3 Å². The summed E-state index contributed by atoms with van der Waals surface area (Å²) >= 11 is 0. The summed E-state index contributed by atoms with van der Waals surface area (Å²) < 4.78 is 4.98. The summed E-state index contributed by atoms with van der Waals surface area (Å²) in [6.07, 6.45) is 0.466. The predicted octanol–water partition coefficient (Wildman–Crippen LogP) is 0.548. The molecule has 17 heavy (non-hydrogen) atoms. The van der Waals surface area contributed by atoms with Gasteiger partial charge in [-0.3, -0.25) is 4.79 Å². The van der Waals surface area contributed by atoms with Crippen molar-refractivity contribution in [1.82, 2.24) is 5.32 Å². The Labute approximate surface area is 102 Å². The number of carbonyl (C=O) groups excluding carboxylic acids is 1. The summed E-state index contributed by atoms with van der Waals surface area (Å²) in [6, 6.07) is 0. The minimum atomic E-state index is -0.971. The smallest absolute Gasteiger partial charge is 0.233 e. The Balaban J connectivity index is 4.47. The lowest BCUT2D eigenvalue weighted by molar-refractivity contribution is -0.127. The van der Waals surface area contributed by atoms with E-state index in [1.54, 1.807) is 14.0 Å². The van der Waals surface area contributed by atoms with Crippen LogP contribution in [-0.2, 0) is 9.53 Å². The van der Waals surface area contributed by atoms with Crippen molar-refractivity contribution in [3.8, 4) is 0 Å². The number of nitrogens with two attached hydrogens (primary N) is 1. The van der Waals surface area contributed by atoms with E-state index in [2.05, 4.69) is 10.5 Å². The average Bonchev–Trinajstić information content (AvgIpc) is 2.34. The lowest BCUT2D eigenvalue weighted by Gasteiger charge is -2.26. The van der Waals surface area contributed by atoms with E-state index < -0.39 is 5.41 Å². The van der Waals surface area contributed by atoms with E-state index >= 15 is 0 Å². The summed E-state index contributed by atoms with van der Waals surface area (Å²) in [5, 5.41) is 14.4. The van der Waals surface area contributed by atoms with Gasteiger partial charge in [0.2, 0.25) is 5.91 Å². The second-order valence-corrected chi connectivity index (χ2v) is 4.44. The molecule has 1 amide bonds. The number of nitrogens with zero attached hydrogens (tertiary/aromatic N) is 1. The number of carbonyl (C=O) groups is 1. The van der Waals surface area contributed by atoms with Crippen molar-refractivity contribution < 1.29 is 14.7 Å². The topological polar surface area (TPSA) is 96.9 Å². The maximum Gasteiger partial charge on any atom is 0.233 e. The molecule has 0 aromatic rings. The Morgan fingerprint density at radius 1 is 1.65 bits per heavy atom.